The minimum Gasteiger partial charge on any atom is -0.497 e. The average Bonchev–Trinajstić information content (AvgIpc) is 2.79. The van der Waals surface area contributed by atoms with Crippen LogP contribution in [-0.4, -0.2) is 54.8 Å². The van der Waals surface area contributed by atoms with E-state index < -0.39 is 0 Å². The number of hydrogen-bond acceptors (Lipinski definition) is 7. The smallest absolute Gasteiger partial charge is 0.229 e. The Morgan fingerprint density at radius 2 is 1.80 bits per heavy atom. The van der Waals surface area contributed by atoms with E-state index in [4.69, 9.17) is 14.5 Å². The standard InChI is InChI=1S/C23H33N5O2/c1-16-14-25-23(26-18-11-19(29-2)13-20(12-18)30-3)27-22(16)24-15-17-7-6-10-28-9-5-4-8-21(17)28/h11-14,17,21H,4-10,15H2,1-3H3,(H2,24,25,26,27). The van der Waals surface area contributed by atoms with Crippen molar-refractivity contribution in [2.24, 2.45) is 5.92 Å². The Morgan fingerprint density at radius 3 is 2.57 bits per heavy atom. The molecule has 2 atom stereocenters. The van der Waals surface area contributed by atoms with Crippen LogP contribution in [0.2, 0.25) is 0 Å². The lowest BCUT2D eigenvalue weighted by Crippen LogP contribution is -2.49. The van der Waals surface area contributed by atoms with Gasteiger partial charge in [-0.15, -0.1) is 0 Å². The fourth-order valence-electron chi connectivity index (χ4n) is 4.73. The molecule has 7 nitrogen and oxygen atoms in total. The zero-order chi connectivity index (χ0) is 20.9. The first-order valence-electron chi connectivity index (χ1n) is 11.0. The van der Waals surface area contributed by atoms with E-state index in [1.807, 2.05) is 24.4 Å². The molecule has 2 saturated heterocycles. The van der Waals surface area contributed by atoms with Crippen LogP contribution in [0, 0.1) is 12.8 Å². The second kappa shape index (κ2) is 9.51. The van der Waals surface area contributed by atoms with Crippen LogP contribution < -0.4 is 20.1 Å². The van der Waals surface area contributed by atoms with Gasteiger partial charge in [0.05, 0.1) is 14.2 Å². The summed E-state index contributed by atoms with van der Waals surface area (Å²) in [7, 11) is 3.28. The van der Waals surface area contributed by atoms with Gasteiger partial charge in [-0.25, -0.2) is 4.98 Å². The lowest BCUT2D eigenvalue weighted by molar-refractivity contribution is 0.0649. The van der Waals surface area contributed by atoms with Gasteiger partial charge in [-0.1, -0.05) is 6.42 Å². The lowest BCUT2D eigenvalue weighted by Gasteiger charge is -2.44. The molecule has 2 unspecified atom stereocenters. The lowest BCUT2D eigenvalue weighted by atomic mass is 9.83. The number of anilines is 3. The second-order valence-electron chi connectivity index (χ2n) is 8.33. The normalized spacial score (nSPS) is 21.6. The van der Waals surface area contributed by atoms with Gasteiger partial charge in [0.25, 0.3) is 0 Å². The van der Waals surface area contributed by atoms with Crippen molar-refractivity contribution in [3.8, 4) is 11.5 Å². The molecule has 0 radical (unpaired) electrons. The fourth-order valence-corrected chi connectivity index (χ4v) is 4.73. The van der Waals surface area contributed by atoms with Crippen LogP contribution in [0.5, 0.6) is 11.5 Å². The number of methoxy groups -OCH3 is 2. The van der Waals surface area contributed by atoms with Gasteiger partial charge < -0.3 is 25.0 Å². The number of nitrogens with one attached hydrogen (secondary N) is 2. The zero-order valence-electron chi connectivity index (χ0n) is 18.3. The van der Waals surface area contributed by atoms with E-state index in [9.17, 15) is 0 Å². The highest BCUT2D eigenvalue weighted by Gasteiger charge is 2.32. The Morgan fingerprint density at radius 1 is 1.03 bits per heavy atom. The summed E-state index contributed by atoms with van der Waals surface area (Å²) in [6, 6.07) is 6.37. The minimum absolute atomic E-state index is 0.557. The highest BCUT2D eigenvalue weighted by atomic mass is 16.5. The molecule has 4 rings (SSSR count). The minimum atomic E-state index is 0.557. The van der Waals surface area contributed by atoms with E-state index in [1.54, 1.807) is 14.2 Å². The maximum Gasteiger partial charge on any atom is 0.229 e. The summed E-state index contributed by atoms with van der Waals surface area (Å²) in [5.74, 6) is 3.58. The maximum absolute atomic E-state index is 5.35. The number of aryl methyl sites for hydroxylation is 1. The van der Waals surface area contributed by atoms with Gasteiger partial charge in [0.2, 0.25) is 5.95 Å². The van der Waals surface area contributed by atoms with E-state index in [0.717, 1.165) is 41.2 Å². The van der Waals surface area contributed by atoms with Crippen molar-refractivity contribution in [3.63, 3.8) is 0 Å². The number of nitrogens with zero attached hydrogens (tertiary/aromatic N) is 3. The Labute approximate surface area is 179 Å². The quantitative estimate of drug-likeness (QED) is 0.707. The summed E-state index contributed by atoms with van der Waals surface area (Å²) in [5.41, 5.74) is 1.88. The Bertz CT molecular complexity index is 835. The Kier molecular flexibility index (Phi) is 6.57. The molecular formula is C23H33N5O2. The average molecular weight is 412 g/mol. The molecule has 0 saturated carbocycles. The SMILES string of the molecule is COc1cc(Nc2ncc(C)c(NCC3CCCN4CCCCC34)n2)cc(OC)c1. The van der Waals surface area contributed by atoms with Crippen molar-refractivity contribution in [3.05, 3.63) is 30.0 Å². The first-order chi connectivity index (χ1) is 14.7. The van der Waals surface area contributed by atoms with Gasteiger partial charge >= 0.3 is 0 Å². The van der Waals surface area contributed by atoms with Crippen molar-refractivity contribution in [2.45, 2.75) is 45.1 Å². The predicted molar refractivity (Wildman–Crippen MR) is 120 cm³/mol. The molecule has 2 N–H and O–H groups in total. The molecule has 0 bridgehead atoms. The number of fused-ring (bicyclic) bond motifs is 1. The van der Waals surface area contributed by atoms with Gasteiger partial charge in [-0.3, -0.25) is 0 Å². The Hall–Kier alpha value is -2.54. The summed E-state index contributed by atoms with van der Waals surface area (Å²) >= 11 is 0. The third-order valence-corrected chi connectivity index (χ3v) is 6.34. The molecule has 7 heteroatoms. The van der Waals surface area contributed by atoms with Crippen molar-refractivity contribution >= 4 is 17.5 Å². The molecule has 30 heavy (non-hydrogen) atoms. The van der Waals surface area contributed by atoms with Crippen molar-refractivity contribution < 1.29 is 9.47 Å². The molecule has 3 heterocycles. The van der Waals surface area contributed by atoms with Crippen molar-refractivity contribution in [1.29, 1.82) is 0 Å². The summed E-state index contributed by atoms with van der Waals surface area (Å²) < 4.78 is 10.7. The molecular weight excluding hydrogens is 378 g/mol. The number of piperidine rings is 2. The molecule has 0 amide bonds. The summed E-state index contributed by atoms with van der Waals surface area (Å²) in [6.07, 6.45) is 8.51. The monoisotopic (exact) mass is 411 g/mol. The van der Waals surface area contributed by atoms with E-state index >= 15 is 0 Å². The number of benzene rings is 1. The predicted octanol–water partition coefficient (Wildman–Crippen LogP) is 4.22. The van der Waals surface area contributed by atoms with Crippen LogP contribution in [0.4, 0.5) is 17.5 Å². The molecule has 2 aliphatic rings. The van der Waals surface area contributed by atoms with Gasteiger partial charge in [0, 0.05) is 48.2 Å². The van der Waals surface area contributed by atoms with Crippen molar-refractivity contribution in [2.75, 3.05) is 44.5 Å². The molecule has 1 aromatic carbocycles. The highest BCUT2D eigenvalue weighted by Crippen LogP contribution is 2.31. The van der Waals surface area contributed by atoms with E-state index in [-0.39, 0.29) is 0 Å². The molecule has 0 aliphatic carbocycles. The Balaban J connectivity index is 1.44. The maximum atomic E-state index is 5.35. The van der Waals surface area contributed by atoms with E-state index in [2.05, 4.69) is 27.4 Å². The van der Waals surface area contributed by atoms with Crippen LogP contribution in [0.1, 0.15) is 37.7 Å². The number of ether oxygens (including phenoxy) is 2. The van der Waals surface area contributed by atoms with Crippen LogP contribution in [-0.2, 0) is 0 Å². The number of rotatable bonds is 7. The van der Waals surface area contributed by atoms with E-state index in [1.165, 1.54) is 45.2 Å². The molecule has 162 valence electrons. The van der Waals surface area contributed by atoms with Gasteiger partial charge in [0.1, 0.15) is 17.3 Å². The van der Waals surface area contributed by atoms with Crippen molar-refractivity contribution in [1.82, 2.24) is 14.9 Å². The zero-order valence-corrected chi connectivity index (χ0v) is 18.3. The van der Waals surface area contributed by atoms with Crippen LogP contribution >= 0.6 is 0 Å². The van der Waals surface area contributed by atoms with Gasteiger partial charge in [0.15, 0.2) is 0 Å². The summed E-state index contributed by atoms with van der Waals surface area (Å²) in [4.78, 5) is 11.9. The molecule has 2 aromatic rings. The van der Waals surface area contributed by atoms with Gasteiger partial charge in [-0.05, 0) is 51.6 Å². The highest BCUT2D eigenvalue weighted by molar-refractivity contribution is 5.60. The van der Waals surface area contributed by atoms with Crippen LogP contribution in [0.15, 0.2) is 24.4 Å². The largest absolute Gasteiger partial charge is 0.497 e. The second-order valence-corrected chi connectivity index (χ2v) is 8.33. The van der Waals surface area contributed by atoms with E-state index in [0.29, 0.717) is 11.9 Å². The van der Waals surface area contributed by atoms with Gasteiger partial charge in [-0.2, -0.15) is 4.98 Å². The molecule has 2 aliphatic heterocycles. The van der Waals surface area contributed by atoms with Crippen LogP contribution in [0.3, 0.4) is 0 Å². The topological polar surface area (TPSA) is 71.5 Å². The molecule has 1 aromatic heterocycles. The third kappa shape index (κ3) is 4.78. The molecule has 0 spiro atoms. The summed E-state index contributed by atoms with van der Waals surface area (Å²) in [6.45, 7) is 5.55. The first kappa shape index (κ1) is 20.7. The first-order valence-corrected chi connectivity index (χ1v) is 11.0. The number of aromatic nitrogens is 2. The third-order valence-electron chi connectivity index (χ3n) is 6.34. The molecule has 2 fully saturated rings. The number of hydrogen-bond donors (Lipinski definition) is 2. The fraction of sp³-hybridized carbons (Fsp3) is 0.565. The summed E-state index contributed by atoms with van der Waals surface area (Å²) in [5, 5.41) is 6.89. The van der Waals surface area contributed by atoms with Crippen LogP contribution in [0.25, 0.3) is 0 Å².